The summed E-state index contributed by atoms with van der Waals surface area (Å²) in [6.07, 6.45) is 1.85. The highest BCUT2D eigenvalue weighted by atomic mass is 16.8. The van der Waals surface area contributed by atoms with Gasteiger partial charge in [0.1, 0.15) is 5.60 Å². The molecule has 1 aliphatic carbocycles. The van der Waals surface area contributed by atoms with E-state index in [4.69, 9.17) is 9.47 Å². The highest BCUT2D eigenvalue weighted by molar-refractivity contribution is 5.18. The SMILES string of the molecule is C=C1CC[C@@]2(COC(C)(C)O2)[C@@H]1CO. The second-order valence-electron chi connectivity index (χ2n) is 4.75. The summed E-state index contributed by atoms with van der Waals surface area (Å²) >= 11 is 0. The number of hydrogen-bond acceptors (Lipinski definition) is 3. The Bertz CT molecular complexity index is 259. The Morgan fingerprint density at radius 2 is 2.29 bits per heavy atom. The normalized spacial score (nSPS) is 41.1. The van der Waals surface area contributed by atoms with E-state index in [2.05, 4.69) is 6.58 Å². The van der Waals surface area contributed by atoms with Gasteiger partial charge in [-0.25, -0.2) is 0 Å². The minimum absolute atomic E-state index is 0.0456. The van der Waals surface area contributed by atoms with E-state index in [-0.39, 0.29) is 18.1 Å². The maximum absolute atomic E-state index is 9.34. The van der Waals surface area contributed by atoms with Crippen molar-refractivity contribution < 1.29 is 14.6 Å². The van der Waals surface area contributed by atoms with Crippen LogP contribution in [0.1, 0.15) is 26.7 Å². The van der Waals surface area contributed by atoms with Crippen LogP contribution in [0.15, 0.2) is 12.2 Å². The van der Waals surface area contributed by atoms with Gasteiger partial charge in [-0.3, -0.25) is 0 Å². The number of hydrogen-bond donors (Lipinski definition) is 1. The van der Waals surface area contributed by atoms with Gasteiger partial charge in [-0.1, -0.05) is 12.2 Å². The summed E-state index contributed by atoms with van der Waals surface area (Å²) in [5.74, 6) is -0.470. The van der Waals surface area contributed by atoms with Gasteiger partial charge in [0, 0.05) is 5.92 Å². The van der Waals surface area contributed by atoms with Crippen LogP contribution < -0.4 is 0 Å². The Morgan fingerprint density at radius 3 is 2.79 bits per heavy atom. The highest BCUT2D eigenvalue weighted by Gasteiger charge is 2.53. The number of ether oxygens (including phenoxy) is 2. The van der Waals surface area contributed by atoms with Crippen molar-refractivity contribution in [2.45, 2.75) is 38.1 Å². The van der Waals surface area contributed by atoms with E-state index in [0.717, 1.165) is 18.4 Å². The van der Waals surface area contributed by atoms with Gasteiger partial charge in [0.15, 0.2) is 5.79 Å². The van der Waals surface area contributed by atoms with Gasteiger partial charge in [-0.05, 0) is 26.7 Å². The molecular weight excluding hydrogens is 180 g/mol. The molecule has 80 valence electrons. The van der Waals surface area contributed by atoms with E-state index < -0.39 is 5.79 Å². The van der Waals surface area contributed by atoms with Crippen LogP contribution in [0.4, 0.5) is 0 Å². The third-order valence-corrected chi connectivity index (χ3v) is 3.29. The molecule has 0 aromatic rings. The van der Waals surface area contributed by atoms with Crippen molar-refractivity contribution in [3.63, 3.8) is 0 Å². The van der Waals surface area contributed by atoms with E-state index in [1.165, 1.54) is 0 Å². The molecule has 2 aliphatic rings. The van der Waals surface area contributed by atoms with E-state index in [1.807, 2.05) is 13.8 Å². The van der Waals surface area contributed by atoms with Crippen LogP contribution in [0.3, 0.4) is 0 Å². The number of aliphatic hydroxyl groups excluding tert-OH is 1. The van der Waals surface area contributed by atoms with Gasteiger partial charge >= 0.3 is 0 Å². The first kappa shape index (κ1) is 10.1. The number of rotatable bonds is 1. The molecule has 0 aromatic heterocycles. The van der Waals surface area contributed by atoms with Crippen LogP contribution in [0.2, 0.25) is 0 Å². The second-order valence-corrected chi connectivity index (χ2v) is 4.75. The first-order valence-electron chi connectivity index (χ1n) is 5.12. The third-order valence-electron chi connectivity index (χ3n) is 3.29. The van der Waals surface area contributed by atoms with Crippen LogP contribution >= 0.6 is 0 Å². The van der Waals surface area contributed by atoms with Crippen LogP contribution in [0.5, 0.6) is 0 Å². The van der Waals surface area contributed by atoms with Crippen molar-refractivity contribution in [2.24, 2.45) is 5.92 Å². The topological polar surface area (TPSA) is 38.7 Å². The standard InChI is InChI=1S/C11H18O3/c1-8-4-5-11(9(8)6-12)7-13-10(2,3)14-11/h9,12H,1,4-7H2,2-3H3/t9-,11-/m1/s1. The highest BCUT2D eigenvalue weighted by Crippen LogP contribution is 2.48. The summed E-state index contributed by atoms with van der Waals surface area (Å²) in [6, 6.07) is 0. The largest absolute Gasteiger partial charge is 0.396 e. The van der Waals surface area contributed by atoms with Gasteiger partial charge in [0.05, 0.1) is 13.2 Å². The van der Waals surface area contributed by atoms with Crippen LogP contribution in [-0.4, -0.2) is 29.7 Å². The molecule has 1 heterocycles. The molecule has 1 saturated carbocycles. The van der Waals surface area contributed by atoms with E-state index in [0.29, 0.717) is 6.61 Å². The first-order valence-corrected chi connectivity index (χ1v) is 5.12. The minimum Gasteiger partial charge on any atom is -0.396 e. The summed E-state index contributed by atoms with van der Waals surface area (Å²) in [5, 5.41) is 9.34. The lowest BCUT2D eigenvalue weighted by Gasteiger charge is -2.30. The zero-order chi connectivity index (χ0) is 10.4. The van der Waals surface area contributed by atoms with Crippen molar-refractivity contribution in [3.05, 3.63) is 12.2 Å². The predicted octanol–water partition coefficient (Wildman–Crippen LogP) is 1.47. The molecule has 0 unspecified atom stereocenters. The Morgan fingerprint density at radius 1 is 1.57 bits per heavy atom. The second kappa shape index (κ2) is 3.05. The van der Waals surface area contributed by atoms with E-state index in [1.54, 1.807) is 0 Å². The molecule has 3 nitrogen and oxygen atoms in total. The quantitative estimate of drug-likeness (QED) is 0.648. The van der Waals surface area contributed by atoms with Gasteiger partial charge in [0.2, 0.25) is 0 Å². The fourth-order valence-corrected chi connectivity index (χ4v) is 2.53. The zero-order valence-electron chi connectivity index (χ0n) is 8.88. The molecular formula is C11H18O3. The van der Waals surface area contributed by atoms with Gasteiger partial charge < -0.3 is 14.6 Å². The molecule has 2 fully saturated rings. The smallest absolute Gasteiger partial charge is 0.163 e. The average molecular weight is 198 g/mol. The van der Waals surface area contributed by atoms with Gasteiger partial charge in [-0.2, -0.15) is 0 Å². The molecule has 0 amide bonds. The molecule has 1 saturated heterocycles. The Labute approximate surface area is 84.7 Å². The summed E-state index contributed by atoms with van der Waals surface area (Å²) in [7, 11) is 0. The molecule has 0 aromatic carbocycles. The molecule has 1 spiro atoms. The van der Waals surface area contributed by atoms with Crippen LogP contribution in [0, 0.1) is 5.92 Å². The monoisotopic (exact) mass is 198 g/mol. The minimum atomic E-state index is -0.516. The van der Waals surface area contributed by atoms with Crippen molar-refractivity contribution in [3.8, 4) is 0 Å². The average Bonchev–Trinajstić information content (AvgIpc) is 2.55. The van der Waals surface area contributed by atoms with E-state index >= 15 is 0 Å². The van der Waals surface area contributed by atoms with Crippen molar-refractivity contribution in [1.29, 1.82) is 0 Å². The molecule has 0 bridgehead atoms. The molecule has 2 atom stereocenters. The molecule has 3 heteroatoms. The summed E-state index contributed by atoms with van der Waals surface area (Å²) < 4.78 is 11.5. The van der Waals surface area contributed by atoms with Gasteiger partial charge in [0.25, 0.3) is 0 Å². The van der Waals surface area contributed by atoms with Crippen molar-refractivity contribution in [1.82, 2.24) is 0 Å². The lowest BCUT2D eigenvalue weighted by Crippen LogP contribution is -2.40. The molecule has 2 rings (SSSR count). The molecule has 14 heavy (non-hydrogen) atoms. The fraction of sp³-hybridized carbons (Fsp3) is 0.818. The first-order chi connectivity index (χ1) is 6.49. The summed E-state index contributed by atoms with van der Waals surface area (Å²) in [4.78, 5) is 0. The zero-order valence-corrected chi connectivity index (χ0v) is 8.88. The van der Waals surface area contributed by atoms with Crippen molar-refractivity contribution in [2.75, 3.05) is 13.2 Å². The Hall–Kier alpha value is -0.380. The van der Waals surface area contributed by atoms with E-state index in [9.17, 15) is 5.11 Å². The van der Waals surface area contributed by atoms with Crippen LogP contribution in [-0.2, 0) is 9.47 Å². The molecule has 0 radical (unpaired) electrons. The maximum Gasteiger partial charge on any atom is 0.163 e. The fourth-order valence-electron chi connectivity index (χ4n) is 2.53. The summed E-state index contributed by atoms with van der Waals surface area (Å²) in [5.41, 5.74) is 0.781. The predicted molar refractivity (Wildman–Crippen MR) is 52.8 cm³/mol. The van der Waals surface area contributed by atoms with Crippen molar-refractivity contribution >= 4 is 0 Å². The molecule has 1 aliphatic heterocycles. The maximum atomic E-state index is 9.34. The Kier molecular flexibility index (Phi) is 2.21. The third kappa shape index (κ3) is 1.40. The lowest BCUT2D eigenvalue weighted by molar-refractivity contribution is -0.169. The number of aliphatic hydroxyl groups is 1. The Balaban J connectivity index is 2.21. The van der Waals surface area contributed by atoms with Gasteiger partial charge in [-0.15, -0.1) is 0 Å². The lowest BCUT2D eigenvalue weighted by atomic mass is 9.90. The van der Waals surface area contributed by atoms with Crippen LogP contribution in [0.25, 0.3) is 0 Å². The molecule has 1 N–H and O–H groups in total. The summed E-state index contributed by atoms with van der Waals surface area (Å²) in [6.45, 7) is 8.49.